The molecule has 3 heterocycles. The zero-order valence-electron chi connectivity index (χ0n) is 18.3. The molecular formula is C28H29N3O. The summed E-state index contributed by atoms with van der Waals surface area (Å²) >= 11 is 0. The van der Waals surface area contributed by atoms with Gasteiger partial charge in [0.1, 0.15) is 5.75 Å². The van der Waals surface area contributed by atoms with E-state index in [1.165, 1.54) is 70.7 Å². The number of phenols is 1. The molecule has 4 nitrogen and oxygen atoms in total. The van der Waals surface area contributed by atoms with Gasteiger partial charge in [0.2, 0.25) is 0 Å². The van der Waals surface area contributed by atoms with Gasteiger partial charge >= 0.3 is 0 Å². The van der Waals surface area contributed by atoms with Crippen molar-refractivity contribution >= 4 is 32.6 Å². The number of H-pyrrole nitrogens is 1. The van der Waals surface area contributed by atoms with Crippen molar-refractivity contribution in [2.24, 2.45) is 0 Å². The Morgan fingerprint density at radius 2 is 1.59 bits per heavy atom. The Labute approximate surface area is 188 Å². The van der Waals surface area contributed by atoms with Gasteiger partial charge in [-0.3, -0.25) is 0 Å². The van der Waals surface area contributed by atoms with Crippen molar-refractivity contribution in [3.63, 3.8) is 0 Å². The second kappa shape index (κ2) is 8.03. The average molecular weight is 424 g/mol. The highest BCUT2D eigenvalue weighted by molar-refractivity contribution is 6.23. The Balaban J connectivity index is 1.52. The van der Waals surface area contributed by atoms with E-state index in [0.717, 1.165) is 24.9 Å². The van der Waals surface area contributed by atoms with Gasteiger partial charge in [-0.05, 0) is 74.3 Å². The number of fused-ring (bicyclic) bond motifs is 5. The fraction of sp³-hybridized carbons (Fsp3) is 0.286. The number of hydrogen-bond acceptors (Lipinski definition) is 2. The lowest BCUT2D eigenvalue weighted by Gasteiger charge is -2.26. The van der Waals surface area contributed by atoms with Crippen molar-refractivity contribution < 1.29 is 5.11 Å². The van der Waals surface area contributed by atoms with E-state index in [2.05, 4.69) is 69.3 Å². The third-order valence-corrected chi connectivity index (χ3v) is 7.06. The number of phenolic OH excluding ortho intramolecular Hbond substituents is 1. The summed E-state index contributed by atoms with van der Waals surface area (Å²) in [5, 5.41) is 15.1. The van der Waals surface area contributed by atoms with Crippen LogP contribution in [0.25, 0.3) is 43.7 Å². The minimum absolute atomic E-state index is 0.320. The van der Waals surface area contributed by atoms with Crippen LogP contribution in [0.5, 0.6) is 5.75 Å². The molecule has 32 heavy (non-hydrogen) atoms. The molecule has 0 spiro atoms. The number of rotatable bonds is 5. The molecule has 1 fully saturated rings. The average Bonchev–Trinajstić information content (AvgIpc) is 3.43. The van der Waals surface area contributed by atoms with Crippen molar-refractivity contribution in [1.29, 1.82) is 0 Å². The first-order valence-electron chi connectivity index (χ1n) is 11.8. The second-order valence-electron chi connectivity index (χ2n) is 9.08. The van der Waals surface area contributed by atoms with Gasteiger partial charge in [-0.25, -0.2) is 0 Å². The number of aromatic amines is 1. The monoisotopic (exact) mass is 423 g/mol. The summed E-state index contributed by atoms with van der Waals surface area (Å²) in [5.41, 5.74) is 4.92. The first kappa shape index (κ1) is 19.4. The fourth-order valence-electron chi connectivity index (χ4n) is 5.54. The number of nitrogens with one attached hydrogen (secondary N) is 1. The number of piperidine rings is 1. The summed E-state index contributed by atoms with van der Waals surface area (Å²) < 4.78 is 2.47. The molecular weight excluding hydrogens is 394 g/mol. The van der Waals surface area contributed by atoms with E-state index in [1.54, 1.807) is 0 Å². The first-order valence-corrected chi connectivity index (χ1v) is 11.8. The molecule has 2 N–H and O–H groups in total. The number of likely N-dealkylation sites (tertiary alicyclic amines) is 1. The van der Waals surface area contributed by atoms with Gasteiger partial charge in [-0.15, -0.1) is 0 Å². The van der Waals surface area contributed by atoms with Gasteiger partial charge in [-0.1, -0.05) is 36.8 Å². The van der Waals surface area contributed by atoms with Gasteiger partial charge < -0.3 is 19.6 Å². The Kier molecular flexibility index (Phi) is 4.88. The molecule has 0 saturated carbocycles. The summed E-state index contributed by atoms with van der Waals surface area (Å²) in [4.78, 5) is 5.95. The van der Waals surface area contributed by atoms with Crippen molar-refractivity contribution in [2.45, 2.75) is 32.2 Å². The number of benzene rings is 3. The van der Waals surface area contributed by atoms with Crippen LogP contribution in [0.1, 0.15) is 25.7 Å². The quantitative estimate of drug-likeness (QED) is 0.338. The number of aromatic hydroxyl groups is 1. The topological polar surface area (TPSA) is 44.2 Å². The molecule has 0 amide bonds. The Morgan fingerprint density at radius 1 is 0.781 bits per heavy atom. The Hall–Kier alpha value is -3.24. The summed E-state index contributed by atoms with van der Waals surface area (Å²) in [6.45, 7) is 4.61. The highest BCUT2D eigenvalue weighted by atomic mass is 16.3. The highest BCUT2D eigenvalue weighted by Crippen LogP contribution is 2.41. The molecule has 1 aliphatic heterocycles. The van der Waals surface area contributed by atoms with E-state index < -0.39 is 0 Å². The van der Waals surface area contributed by atoms with Gasteiger partial charge in [0.25, 0.3) is 0 Å². The van der Waals surface area contributed by atoms with Crippen LogP contribution in [0.2, 0.25) is 0 Å². The van der Waals surface area contributed by atoms with E-state index in [-0.39, 0.29) is 0 Å². The first-order chi connectivity index (χ1) is 15.8. The number of aromatic nitrogens is 2. The predicted molar refractivity (Wildman–Crippen MR) is 133 cm³/mol. The minimum atomic E-state index is 0.320. The molecule has 0 radical (unpaired) electrons. The maximum absolute atomic E-state index is 10.3. The van der Waals surface area contributed by atoms with E-state index in [0.29, 0.717) is 5.75 Å². The maximum Gasteiger partial charge on any atom is 0.116 e. The van der Waals surface area contributed by atoms with Crippen LogP contribution in [0.3, 0.4) is 0 Å². The lowest BCUT2D eigenvalue weighted by Crippen LogP contribution is -2.31. The zero-order valence-corrected chi connectivity index (χ0v) is 18.3. The summed E-state index contributed by atoms with van der Waals surface area (Å²) in [6.07, 6.45) is 9.37. The van der Waals surface area contributed by atoms with Crippen LogP contribution in [0.4, 0.5) is 0 Å². The summed E-state index contributed by atoms with van der Waals surface area (Å²) in [5.74, 6) is 0.320. The standard InChI is InChI=1S/C28H29N3O/c32-21-10-11-26-23(16-21)28-25-19-29-18-24(25)22(20-8-3-1-4-9-20)17-27(28)31(26)15-7-14-30-12-5-2-6-13-30/h1,3-4,8-11,16-19,29,32H,2,5-7,12-15H2. The molecule has 0 atom stereocenters. The van der Waals surface area contributed by atoms with Crippen LogP contribution in [0.15, 0.2) is 67.0 Å². The molecule has 6 rings (SSSR count). The third kappa shape index (κ3) is 3.26. The summed E-state index contributed by atoms with van der Waals surface area (Å²) in [6, 6.07) is 18.8. The van der Waals surface area contributed by atoms with Crippen LogP contribution >= 0.6 is 0 Å². The minimum Gasteiger partial charge on any atom is -0.508 e. The summed E-state index contributed by atoms with van der Waals surface area (Å²) in [7, 11) is 0. The molecule has 1 saturated heterocycles. The van der Waals surface area contributed by atoms with Crippen molar-refractivity contribution in [3.05, 3.63) is 67.0 Å². The molecule has 2 aromatic heterocycles. The lowest BCUT2D eigenvalue weighted by atomic mass is 9.97. The van der Waals surface area contributed by atoms with E-state index >= 15 is 0 Å². The number of hydrogen-bond donors (Lipinski definition) is 2. The molecule has 0 bridgehead atoms. The number of nitrogens with zero attached hydrogens (tertiary/aromatic N) is 2. The molecule has 0 aliphatic carbocycles. The van der Waals surface area contributed by atoms with Crippen molar-refractivity contribution in [1.82, 2.24) is 14.5 Å². The molecule has 1 aliphatic rings. The fourth-order valence-corrected chi connectivity index (χ4v) is 5.54. The molecule has 0 unspecified atom stereocenters. The Morgan fingerprint density at radius 3 is 2.44 bits per heavy atom. The second-order valence-corrected chi connectivity index (χ2v) is 9.08. The maximum atomic E-state index is 10.3. The smallest absolute Gasteiger partial charge is 0.116 e. The van der Waals surface area contributed by atoms with Crippen molar-refractivity contribution in [2.75, 3.05) is 19.6 Å². The van der Waals surface area contributed by atoms with E-state index in [4.69, 9.17) is 0 Å². The van der Waals surface area contributed by atoms with Crippen LogP contribution < -0.4 is 0 Å². The van der Waals surface area contributed by atoms with Crippen LogP contribution in [-0.2, 0) is 6.54 Å². The van der Waals surface area contributed by atoms with Gasteiger partial charge in [0, 0.05) is 46.0 Å². The molecule has 162 valence electrons. The van der Waals surface area contributed by atoms with Gasteiger partial charge in [0.05, 0.1) is 5.52 Å². The molecule has 5 aromatic rings. The van der Waals surface area contributed by atoms with Crippen LogP contribution in [-0.4, -0.2) is 39.2 Å². The Bertz CT molecular complexity index is 1390. The van der Waals surface area contributed by atoms with Gasteiger partial charge in [-0.2, -0.15) is 0 Å². The van der Waals surface area contributed by atoms with E-state index in [9.17, 15) is 5.11 Å². The zero-order chi connectivity index (χ0) is 21.5. The predicted octanol–water partition coefficient (Wildman–Crippen LogP) is 6.52. The van der Waals surface area contributed by atoms with Gasteiger partial charge in [0.15, 0.2) is 0 Å². The normalized spacial score (nSPS) is 15.2. The molecule has 3 aromatic carbocycles. The van der Waals surface area contributed by atoms with Crippen LogP contribution in [0, 0.1) is 0 Å². The number of aryl methyl sites for hydroxylation is 1. The van der Waals surface area contributed by atoms with E-state index in [1.807, 2.05) is 12.1 Å². The molecule has 4 heteroatoms. The third-order valence-electron chi connectivity index (χ3n) is 7.06. The largest absolute Gasteiger partial charge is 0.508 e. The highest BCUT2D eigenvalue weighted by Gasteiger charge is 2.18. The van der Waals surface area contributed by atoms with Crippen molar-refractivity contribution in [3.8, 4) is 16.9 Å². The SMILES string of the molecule is Oc1ccc2c(c1)c1c3c[nH]cc3c(-c3ccccc3)cc1n2CCCN1CCCCC1. The lowest BCUT2D eigenvalue weighted by molar-refractivity contribution is 0.223.